The molecule has 76 valence electrons. The Bertz CT molecular complexity index is 316. The highest BCUT2D eigenvalue weighted by Gasteiger charge is 2.04. The maximum Gasteiger partial charge on any atom is 0.143 e. The van der Waals surface area contributed by atoms with Crippen LogP contribution in [0.1, 0.15) is 5.56 Å². The van der Waals surface area contributed by atoms with Crippen LogP contribution in [0.5, 0.6) is 5.75 Å². The molecule has 0 bridgehead atoms. The van der Waals surface area contributed by atoms with E-state index in [0.29, 0.717) is 8.95 Å². The molecule has 2 N–H and O–H groups in total. The summed E-state index contributed by atoms with van der Waals surface area (Å²) in [5.74, 6) is 0.234. The van der Waals surface area contributed by atoms with Gasteiger partial charge in [-0.1, -0.05) is 6.08 Å². The van der Waals surface area contributed by atoms with E-state index in [1.807, 2.05) is 18.2 Å². The van der Waals surface area contributed by atoms with E-state index in [1.165, 1.54) is 0 Å². The highest BCUT2D eigenvalue weighted by atomic mass is 79.9. The maximum absolute atomic E-state index is 9.47. The first-order chi connectivity index (χ1) is 6.65. The highest BCUT2D eigenvalue weighted by molar-refractivity contribution is 9.11. The second-order valence-electron chi connectivity index (χ2n) is 2.83. The van der Waals surface area contributed by atoms with Crippen LogP contribution in [-0.4, -0.2) is 11.7 Å². The molecule has 0 unspecified atom stereocenters. The Morgan fingerprint density at radius 2 is 1.93 bits per heavy atom. The first-order valence-corrected chi connectivity index (χ1v) is 5.72. The van der Waals surface area contributed by atoms with E-state index in [9.17, 15) is 5.11 Å². The van der Waals surface area contributed by atoms with E-state index in [4.69, 9.17) is 0 Å². The zero-order valence-corrected chi connectivity index (χ0v) is 10.7. The number of aromatic hydroxyl groups is 1. The van der Waals surface area contributed by atoms with E-state index < -0.39 is 0 Å². The lowest BCUT2D eigenvalue weighted by atomic mass is 10.2. The fraction of sp³-hybridized carbons (Fsp3) is 0.200. The van der Waals surface area contributed by atoms with E-state index >= 15 is 0 Å². The molecule has 1 aromatic rings. The van der Waals surface area contributed by atoms with Crippen molar-refractivity contribution in [1.29, 1.82) is 0 Å². The summed E-state index contributed by atoms with van der Waals surface area (Å²) < 4.78 is 1.39. The average molecular weight is 321 g/mol. The van der Waals surface area contributed by atoms with Gasteiger partial charge >= 0.3 is 0 Å². The standard InChI is InChI=1S/C10H11Br2NO/c1-2-3-13-6-7-4-8(11)10(14)9(12)5-7/h2,4-5,13-14H,1,3,6H2. The topological polar surface area (TPSA) is 32.3 Å². The third-order valence-electron chi connectivity index (χ3n) is 1.69. The number of phenolic OH excluding ortho intramolecular Hbond substituents is 1. The summed E-state index contributed by atoms with van der Waals surface area (Å²) in [7, 11) is 0. The second kappa shape index (κ2) is 5.53. The van der Waals surface area contributed by atoms with Crippen LogP contribution in [-0.2, 0) is 6.54 Å². The van der Waals surface area contributed by atoms with Gasteiger partial charge in [0.15, 0.2) is 0 Å². The van der Waals surface area contributed by atoms with Gasteiger partial charge in [-0.05, 0) is 49.6 Å². The number of benzene rings is 1. The number of hydrogen-bond donors (Lipinski definition) is 2. The van der Waals surface area contributed by atoms with Gasteiger partial charge in [-0.15, -0.1) is 6.58 Å². The molecular weight excluding hydrogens is 310 g/mol. The lowest BCUT2D eigenvalue weighted by molar-refractivity contribution is 0.468. The molecule has 0 radical (unpaired) electrons. The summed E-state index contributed by atoms with van der Waals surface area (Å²) in [5, 5.41) is 12.7. The van der Waals surface area contributed by atoms with Crippen LogP contribution < -0.4 is 5.32 Å². The van der Waals surface area contributed by atoms with Crippen LogP contribution in [0.2, 0.25) is 0 Å². The van der Waals surface area contributed by atoms with Gasteiger partial charge < -0.3 is 10.4 Å². The van der Waals surface area contributed by atoms with Crippen molar-refractivity contribution in [3.05, 3.63) is 39.3 Å². The van der Waals surface area contributed by atoms with Crippen LogP contribution in [0.25, 0.3) is 0 Å². The number of nitrogens with one attached hydrogen (secondary N) is 1. The van der Waals surface area contributed by atoms with Gasteiger partial charge in [-0.25, -0.2) is 0 Å². The van der Waals surface area contributed by atoms with Crippen molar-refractivity contribution in [3.8, 4) is 5.75 Å². The first kappa shape index (κ1) is 11.8. The number of halogens is 2. The fourth-order valence-electron chi connectivity index (χ4n) is 1.04. The molecule has 0 spiro atoms. The van der Waals surface area contributed by atoms with Crippen molar-refractivity contribution in [1.82, 2.24) is 5.32 Å². The lowest BCUT2D eigenvalue weighted by Crippen LogP contribution is -2.12. The molecule has 0 aliphatic rings. The van der Waals surface area contributed by atoms with E-state index in [0.717, 1.165) is 18.7 Å². The largest absolute Gasteiger partial charge is 0.506 e. The quantitative estimate of drug-likeness (QED) is 0.659. The second-order valence-corrected chi connectivity index (χ2v) is 4.54. The third-order valence-corrected chi connectivity index (χ3v) is 2.90. The van der Waals surface area contributed by atoms with Crippen molar-refractivity contribution in [2.45, 2.75) is 6.54 Å². The Hall–Kier alpha value is -0.320. The molecule has 1 aromatic carbocycles. The number of rotatable bonds is 4. The predicted molar refractivity (Wildman–Crippen MR) is 65.4 cm³/mol. The summed E-state index contributed by atoms with van der Waals surface area (Å²) in [4.78, 5) is 0. The van der Waals surface area contributed by atoms with Crippen LogP contribution in [0.3, 0.4) is 0 Å². The third kappa shape index (κ3) is 3.12. The van der Waals surface area contributed by atoms with Gasteiger partial charge in [-0.3, -0.25) is 0 Å². The summed E-state index contributed by atoms with van der Waals surface area (Å²) in [5.41, 5.74) is 1.10. The van der Waals surface area contributed by atoms with Crippen LogP contribution in [0, 0.1) is 0 Å². The van der Waals surface area contributed by atoms with Gasteiger partial charge in [0.1, 0.15) is 5.75 Å². The molecule has 0 aromatic heterocycles. The molecule has 0 saturated carbocycles. The summed E-state index contributed by atoms with van der Waals surface area (Å²) in [6.45, 7) is 5.15. The zero-order valence-electron chi connectivity index (χ0n) is 7.56. The van der Waals surface area contributed by atoms with E-state index in [-0.39, 0.29) is 5.75 Å². The molecule has 0 aliphatic heterocycles. The number of hydrogen-bond acceptors (Lipinski definition) is 2. The van der Waals surface area contributed by atoms with Gasteiger partial charge in [0.25, 0.3) is 0 Å². The molecule has 0 amide bonds. The van der Waals surface area contributed by atoms with Crippen molar-refractivity contribution >= 4 is 31.9 Å². The van der Waals surface area contributed by atoms with Gasteiger partial charge in [-0.2, -0.15) is 0 Å². The molecule has 0 aliphatic carbocycles. The van der Waals surface area contributed by atoms with Crippen molar-refractivity contribution in [2.24, 2.45) is 0 Å². The molecule has 0 saturated heterocycles. The van der Waals surface area contributed by atoms with Crippen LogP contribution >= 0.6 is 31.9 Å². The first-order valence-electron chi connectivity index (χ1n) is 4.13. The average Bonchev–Trinajstić information content (AvgIpc) is 2.14. The Balaban J connectivity index is 2.74. The minimum atomic E-state index is 0.234. The smallest absolute Gasteiger partial charge is 0.143 e. The fourth-order valence-corrected chi connectivity index (χ4v) is 2.32. The van der Waals surface area contributed by atoms with Crippen molar-refractivity contribution < 1.29 is 5.11 Å². The molecule has 0 fully saturated rings. The minimum Gasteiger partial charge on any atom is -0.506 e. The van der Waals surface area contributed by atoms with E-state index in [1.54, 1.807) is 0 Å². The minimum absolute atomic E-state index is 0.234. The molecular formula is C10H11Br2NO. The molecule has 14 heavy (non-hydrogen) atoms. The van der Waals surface area contributed by atoms with Gasteiger partial charge in [0.2, 0.25) is 0 Å². The molecule has 0 atom stereocenters. The normalized spacial score (nSPS) is 10.1. The van der Waals surface area contributed by atoms with Crippen molar-refractivity contribution in [3.63, 3.8) is 0 Å². The molecule has 1 rings (SSSR count). The maximum atomic E-state index is 9.47. The lowest BCUT2D eigenvalue weighted by Gasteiger charge is -2.06. The summed E-state index contributed by atoms with van der Waals surface area (Å²) >= 11 is 6.56. The predicted octanol–water partition coefficient (Wildman–Crippen LogP) is 3.19. The van der Waals surface area contributed by atoms with Crippen molar-refractivity contribution in [2.75, 3.05) is 6.54 Å². The SMILES string of the molecule is C=CCNCc1cc(Br)c(O)c(Br)c1. The zero-order chi connectivity index (χ0) is 10.6. The summed E-state index contributed by atoms with van der Waals surface area (Å²) in [6, 6.07) is 3.77. The Morgan fingerprint density at radius 1 is 1.36 bits per heavy atom. The molecule has 2 nitrogen and oxygen atoms in total. The van der Waals surface area contributed by atoms with Crippen LogP contribution in [0.4, 0.5) is 0 Å². The molecule has 0 heterocycles. The van der Waals surface area contributed by atoms with E-state index in [2.05, 4.69) is 43.8 Å². The Kier molecular flexibility index (Phi) is 4.65. The monoisotopic (exact) mass is 319 g/mol. The summed E-state index contributed by atoms with van der Waals surface area (Å²) in [6.07, 6.45) is 1.81. The van der Waals surface area contributed by atoms with Gasteiger partial charge in [0.05, 0.1) is 8.95 Å². The Labute approximate surface area is 100 Å². The molecule has 4 heteroatoms. The van der Waals surface area contributed by atoms with Crippen LogP contribution in [0.15, 0.2) is 33.7 Å². The van der Waals surface area contributed by atoms with Gasteiger partial charge in [0, 0.05) is 13.1 Å². The Morgan fingerprint density at radius 3 is 2.43 bits per heavy atom. The highest BCUT2D eigenvalue weighted by Crippen LogP contribution is 2.33. The number of phenols is 1.